The van der Waals surface area contributed by atoms with Crippen molar-refractivity contribution in [3.05, 3.63) is 48.5 Å². The molecule has 5 nitrogen and oxygen atoms in total. The summed E-state index contributed by atoms with van der Waals surface area (Å²) in [6.07, 6.45) is 0.731. The summed E-state index contributed by atoms with van der Waals surface area (Å²) in [5, 5.41) is 0. The van der Waals surface area contributed by atoms with E-state index < -0.39 is 0 Å². The summed E-state index contributed by atoms with van der Waals surface area (Å²) in [5.41, 5.74) is 7.18. The number of nitrogens with zero attached hydrogens (tertiary/aromatic N) is 1. The number of amides is 1. The van der Waals surface area contributed by atoms with Gasteiger partial charge in [-0.25, -0.2) is 0 Å². The van der Waals surface area contributed by atoms with Crippen LogP contribution in [0.15, 0.2) is 48.5 Å². The topological polar surface area (TPSA) is 64.8 Å². The molecule has 0 saturated heterocycles. The van der Waals surface area contributed by atoms with Crippen molar-refractivity contribution in [1.29, 1.82) is 0 Å². The molecule has 3 rings (SSSR count). The number of hydrogen-bond donors (Lipinski definition) is 1. The van der Waals surface area contributed by atoms with Crippen LogP contribution in [0.4, 0.5) is 11.4 Å². The van der Waals surface area contributed by atoms with E-state index in [0.29, 0.717) is 24.6 Å². The Labute approximate surface area is 129 Å². The van der Waals surface area contributed by atoms with Crippen LogP contribution in [-0.2, 0) is 4.79 Å². The Morgan fingerprint density at radius 3 is 2.77 bits per heavy atom. The Morgan fingerprint density at radius 2 is 1.95 bits per heavy atom. The van der Waals surface area contributed by atoms with Gasteiger partial charge in [-0.1, -0.05) is 24.3 Å². The maximum Gasteiger partial charge on any atom is 0.265 e. The molecule has 0 aliphatic carbocycles. The smallest absolute Gasteiger partial charge is 0.265 e. The van der Waals surface area contributed by atoms with Crippen molar-refractivity contribution in [3.8, 4) is 11.5 Å². The molecule has 0 saturated carbocycles. The summed E-state index contributed by atoms with van der Waals surface area (Å²) in [6.45, 7) is 1.15. The first-order valence-electron chi connectivity index (χ1n) is 7.25. The Balaban J connectivity index is 1.61. The van der Waals surface area contributed by atoms with Crippen molar-refractivity contribution in [1.82, 2.24) is 0 Å². The van der Waals surface area contributed by atoms with E-state index in [0.717, 1.165) is 17.9 Å². The number of hydrogen-bond acceptors (Lipinski definition) is 4. The van der Waals surface area contributed by atoms with Crippen molar-refractivity contribution < 1.29 is 14.3 Å². The molecule has 1 aliphatic heterocycles. The lowest BCUT2D eigenvalue weighted by Gasteiger charge is -2.30. The molecule has 1 aliphatic rings. The number of rotatable bonds is 5. The molecule has 1 heterocycles. The lowest BCUT2D eigenvalue weighted by Crippen LogP contribution is -2.40. The van der Waals surface area contributed by atoms with Gasteiger partial charge in [0.2, 0.25) is 0 Å². The van der Waals surface area contributed by atoms with Crippen LogP contribution >= 0.6 is 0 Å². The van der Waals surface area contributed by atoms with Gasteiger partial charge in [-0.3, -0.25) is 4.79 Å². The van der Waals surface area contributed by atoms with Crippen molar-refractivity contribution in [2.24, 2.45) is 0 Å². The molecule has 5 heteroatoms. The second-order valence-corrected chi connectivity index (χ2v) is 5.04. The van der Waals surface area contributed by atoms with Gasteiger partial charge < -0.3 is 20.1 Å². The second kappa shape index (κ2) is 6.39. The van der Waals surface area contributed by atoms with Gasteiger partial charge in [0.05, 0.1) is 18.0 Å². The van der Waals surface area contributed by atoms with Crippen molar-refractivity contribution in [3.63, 3.8) is 0 Å². The molecular weight excluding hydrogens is 280 g/mol. The second-order valence-electron chi connectivity index (χ2n) is 5.04. The molecule has 0 spiro atoms. The van der Waals surface area contributed by atoms with Gasteiger partial charge in [0, 0.05) is 6.54 Å². The molecule has 2 N–H and O–H groups in total. The highest BCUT2D eigenvalue weighted by Gasteiger charge is 2.26. The molecule has 0 fully saturated rings. The minimum Gasteiger partial charge on any atom is -0.494 e. The fraction of sp³-hybridized carbons (Fsp3) is 0.235. The average Bonchev–Trinajstić information content (AvgIpc) is 2.54. The molecule has 2 aromatic rings. The third-order valence-corrected chi connectivity index (χ3v) is 3.49. The first-order valence-corrected chi connectivity index (χ1v) is 7.25. The quantitative estimate of drug-likeness (QED) is 0.680. The summed E-state index contributed by atoms with van der Waals surface area (Å²) in [7, 11) is 0. The minimum absolute atomic E-state index is 0.0285. The molecule has 0 unspecified atom stereocenters. The molecule has 0 atom stereocenters. The van der Waals surface area contributed by atoms with Crippen molar-refractivity contribution >= 4 is 17.3 Å². The van der Waals surface area contributed by atoms with Crippen molar-refractivity contribution in [2.45, 2.75) is 6.42 Å². The maximum absolute atomic E-state index is 12.1. The first kappa shape index (κ1) is 14.3. The Hall–Kier alpha value is -2.69. The van der Waals surface area contributed by atoms with E-state index >= 15 is 0 Å². The number of benzene rings is 2. The Kier molecular flexibility index (Phi) is 4.14. The molecule has 22 heavy (non-hydrogen) atoms. The summed E-state index contributed by atoms with van der Waals surface area (Å²) >= 11 is 0. The number of nitrogen functional groups attached to an aromatic ring is 1. The summed E-state index contributed by atoms with van der Waals surface area (Å²) in [4.78, 5) is 13.8. The highest BCUT2D eigenvalue weighted by molar-refractivity contribution is 5.99. The number of fused-ring (bicyclic) bond motifs is 1. The molecule has 0 radical (unpaired) electrons. The van der Waals surface area contributed by atoms with Crippen LogP contribution in [0.1, 0.15) is 6.42 Å². The lowest BCUT2D eigenvalue weighted by molar-refractivity contribution is -0.121. The normalized spacial score (nSPS) is 13.5. The fourth-order valence-corrected chi connectivity index (χ4v) is 2.43. The van der Waals surface area contributed by atoms with Crippen LogP contribution in [0.3, 0.4) is 0 Å². The van der Waals surface area contributed by atoms with Gasteiger partial charge in [-0.05, 0) is 30.7 Å². The van der Waals surface area contributed by atoms with Gasteiger partial charge in [0.15, 0.2) is 12.4 Å². The molecule has 0 aromatic heterocycles. The number of carbonyl (C=O) groups excluding carboxylic acids is 1. The van der Waals surface area contributed by atoms with E-state index in [1.807, 2.05) is 42.5 Å². The van der Waals surface area contributed by atoms with E-state index in [9.17, 15) is 4.79 Å². The SMILES string of the molecule is Nc1cccc2c1OCC(=O)N2CCCOc1ccccc1. The van der Waals surface area contributed by atoms with Crippen LogP contribution in [0, 0.1) is 0 Å². The lowest BCUT2D eigenvalue weighted by atomic mass is 10.2. The molecule has 0 bridgehead atoms. The minimum atomic E-state index is -0.0576. The summed E-state index contributed by atoms with van der Waals surface area (Å²) < 4.78 is 11.1. The number of anilines is 2. The standard InChI is InChI=1S/C17H18N2O3/c18-14-8-4-9-15-17(14)22-12-16(20)19(15)10-5-11-21-13-6-2-1-3-7-13/h1-4,6-9H,5,10-12,18H2. The Bertz CT molecular complexity index is 658. The monoisotopic (exact) mass is 298 g/mol. The predicted molar refractivity (Wildman–Crippen MR) is 85.3 cm³/mol. The third-order valence-electron chi connectivity index (χ3n) is 3.49. The zero-order valence-corrected chi connectivity index (χ0v) is 12.2. The molecule has 2 aromatic carbocycles. The van der Waals surface area contributed by atoms with E-state index in [2.05, 4.69) is 0 Å². The number of ether oxygens (including phenoxy) is 2. The van der Waals surface area contributed by atoms with E-state index in [1.54, 1.807) is 11.0 Å². The van der Waals surface area contributed by atoms with E-state index in [-0.39, 0.29) is 12.5 Å². The van der Waals surface area contributed by atoms with Crippen LogP contribution in [0.2, 0.25) is 0 Å². The van der Waals surface area contributed by atoms with Crippen LogP contribution in [0.5, 0.6) is 11.5 Å². The zero-order valence-electron chi connectivity index (χ0n) is 12.2. The van der Waals surface area contributed by atoms with Crippen LogP contribution < -0.4 is 20.1 Å². The van der Waals surface area contributed by atoms with E-state index in [4.69, 9.17) is 15.2 Å². The largest absolute Gasteiger partial charge is 0.494 e. The summed E-state index contributed by atoms with van der Waals surface area (Å²) in [6, 6.07) is 15.1. The van der Waals surface area contributed by atoms with Gasteiger partial charge >= 0.3 is 0 Å². The highest BCUT2D eigenvalue weighted by Crippen LogP contribution is 2.36. The maximum atomic E-state index is 12.1. The number of carbonyl (C=O) groups is 1. The van der Waals surface area contributed by atoms with Crippen LogP contribution in [-0.4, -0.2) is 25.7 Å². The summed E-state index contributed by atoms with van der Waals surface area (Å²) in [5.74, 6) is 1.37. The van der Waals surface area contributed by atoms with Gasteiger partial charge in [0.25, 0.3) is 5.91 Å². The zero-order chi connectivity index (χ0) is 15.4. The number of para-hydroxylation sites is 2. The average molecular weight is 298 g/mol. The number of nitrogens with two attached hydrogens (primary N) is 1. The first-order chi connectivity index (χ1) is 10.8. The van der Waals surface area contributed by atoms with E-state index in [1.165, 1.54) is 0 Å². The third kappa shape index (κ3) is 2.98. The van der Waals surface area contributed by atoms with Crippen molar-refractivity contribution in [2.75, 3.05) is 30.4 Å². The van der Waals surface area contributed by atoms with Gasteiger partial charge in [-0.15, -0.1) is 0 Å². The van der Waals surface area contributed by atoms with Gasteiger partial charge in [-0.2, -0.15) is 0 Å². The van der Waals surface area contributed by atoms with Crippen LogP contribution in [0.25, 0.3) is 0 Å². The molecular formula is C17H18N2O3. The molecule has 114 valence electrons. The Morgan fingerprint density at radius 1 is 1.14 bits per heavy atom. The van der Waals surface area contributed by atoms with Gasteiger partial charge in [0.1, 0.15) is 5.75 Å². The highest BCUT2D eigenvalue weighted by atomic mass is 16.5. The predicted octanol–water partition coefficient (Wildman–Crippen LogP) is 2.46. The molecule has 1 amide bonds. The fourth-order valence-electron chi connectivity index (χ4n) is 2.43.